The molecule has 0 aromatic heterocycles. The second-order valence-electron chi connectivity index (χ2n) is 21.2. The van der Waals surface area contributed by atoms with Crippen molar-refractivity contribution in [2.24, 2.45) is 0 Å². The number of hydrogen-bond donors (Lipinski definition) is 0. The SMILES string of the molecule is CC.CC.CC.CC.CC.CC.CC.CC.CC.CC.CC.CC.CC.CC.CC.CC.CC.CC.CC.CC.CC.CC.CC.Cc1ccc(-c2ccc3ccccc3c2)cc1.Cc1ccc(-c2cccc3ccccc23)cc1.[Y].[Y].[Y].[c-]1ccccc1-c1[c-]c(-c2ccccc2)ccc1.[c-]1ccccc1-c1[c-]ccc(-c2ccccc2)c1.[c-]1ccccc1-c1[c-]cccc1-c1ccccc1. The molecule has 15 aromatic rings. The van der Waals surface area contributed by atoms with Gasteiger partial charge < -0.3 is 0 Å². The summed E-state index contributed by atoms with van der Waals surface area (Å²) in [4.78, 5) is 0. The summed E-state index contributed by atoms with van der Waals surface area (Å²) in [6.07, 6.45) is 0. The van der Waals surface area contributed by atoms with Crippen LogP contribution in [0.25, 0.3) is 111 Å². The van der Waals surface area contributed by atoms with Crippen molar-refractivity contribution in [2.45, 2.75) is 332 Å². The van der Waals surface area contributed by atoms with Crippen LogP contribution in [0, 0.1) is 50.2 Å². The van der Waals surface area contributed by atoms with Gasteiger partial charge in [-0.25, -0.2) is 27.8 Å². The summed E-state index contributed by atoms with van der Waals surface area (Å²) in [5, 5.41) is 5.21. The van der Waals surface area contributed by atoms with Crippen LogP contribution in [0.5, 0.6) is 0 Å². The monoisotopic (exact) mass is 2080 g/mol. The van der Waals surface area contributed by atoms with Crippen LogP contribution in [-0.2, 0) is 98.1 Å². The maximum Gasteiger partial charge on any atom is 0 e. The summed E-state index contributed by atoms with van der Waals surface area (Å²) < 4.78 is 0. The number of fused-ring (bicyclic) bond motifs is 2. The zero-order valence-electron chi connectivity index (χ0n) is 97.2. The van der Waals surface area contributed by atoms with E-state index in [1.165, 1.54) is 82.7 Å². The summed E-state index contributed by atoms with van der Waals surface area (Å²) in [6.45, 7) is 96.2. The minimum atomic E-state index is 0. The van der Waals surface area contributed by atoms with Gasteiger partial charge >= 0.3 is 0 Å². The molecular weight excluding hydrogens is 1880 g/mol. The first kappa shape index (κ1) is 166. The molecule has 0 aliphatic rings. The van der Waals surface area contributed by atoms with Crippen molar-refractivity contribution >= 4 is 21.5 Å². The van der Waals surface area contributed by atoms with E-state index in [0.717, 1.165) is 38.9 Å². The fourth-order valence-corrected chi connectivity index (χ4v) is 10.4. The van der Waals surface area contributed by atoms with Crippen LogP contribution in [0.1, 0.15) is 330 Å². The van der Waals surface area contributed by atoms with Crippen LogP contribution in [0.4, 0.5) is 0 Å². The molecule has 0 bridgehead atoms. The normalized spacial score (nSPS) is 7.68. The van der Waals surface area contributed by atoms with Gasteiger partial charge in [-0.05, 0) is 69.3 Å². The van der Waals surface area contributed by atoms with E-state index in [1.807, 2.05) is 422 Å². The van der Waals surface area contributed by atoms with Gasteiger partial charge in [-0.3, -0.25) is 0 Å². The number of aryl methyl sites for hydroxylation is 2. The van der Waals surface area contributed by atoms with Crippen molar-refractivity contribution in [3.63, 3.8) is 0 Å². The molecule has 0 nitrogen and oxygen atoms in total. The summed E-state index contributed by atoms with van der Waals surface area (Å²) in [6, 6.07) is 141. The maximum atomic E-state index is 3.45. The largest absolute Gasteiger partial charge is 0.226 e. The molecule has 0 saturated carbocycles. The summed E-state index contributed by atoms with van der Waals surface area (Å²) >= 11 is 0. The topological polar surface area (TPSA) is 0 Å². The van der Waals surface area contributed by atoms with Gasteiger partial charge in [-0.2, -0.15) is 121 Å². The molecule has 0 heterocycles. The van der Waals surface area contributed by atoms with Crippen molar-refractivity contribution in [3.8, 4) is 89.0 Å². The predicted molar refractivity (Wildman–Crippen MR) is 634 cm³/mol. The van der Waals surface area contributed by atoms with Crippen molar-refractivity contribution in [1.82, 2.24) is 0 Å². The van der Waals surface area contributed by atoms with E-state index in [-0.39, 0.29) is 98.1 Å². The second kappa shape index (κ2) is 139. The zero-order chi connectivity index (χ0) is 106. The minimum absolute atomic E-state index is 0. The molecule has 0 unspecified atom stereocenters. The molecule has 0 aliphatic carbocycles. The van der Waals surface area contributed by atoms with Gasteiger partial charge in [0.1, 0.15) is 0 Å². The first-order chi connectivity index (χ1) is 66.5. The van der Waals surface area contributed by atoms with Gasteiger partial charge in [0, 0.05) is 98.1 Å². The molecule has 0 aliphatic heterocycles. The van der Waals surface area contributed by atoms with E-state index >= 15 is 0 Å². The van der Waals surface area contributed by atoms with Crippen LogP contribution >= 0.6 is 0 Å². The Morgan fingerprint density at radius 2 is 0.423 bits per heavy atom. The van der Waals surface area contributed by atoms with E-state index in [0.29, 0.717) is 0 Å². The quantitative estimate of drug-likeness (QED) is 0.133. The third-order valence-electron chi connectivity index (χ3n) is 15.0. The Labute approximate surface area is 930 Å². The molecule has 753 valence electrons. The average Bonchev–Trinajstić information content (AvgIpc) is 0.800. The molecule has 15 rings (SSSR count). The minimum Gasteiger partial charge on any atom is -0.226 e. The summed E-state index contributed by atoms with van der Waals surface area (Å²) in [5.74, 6) is 0. The van der Waals surface area contributed by atoms with Crippen molar-refractivity contribution in [2.75, 3.05) is 0 Å². The third kappa shape index (κ3) is 75.7. The van der Waals surface area contributed by atoms with E-state index in [4.69, 9.17) is 0 Å². The molecule has 0 saturated heterocycles. The van der Waals surface area contributed by atoms with E-state index in [1.54, 1.807) is 0 Å². The molecule has 137 heavy (non-hydrogen) atoms. The molecule has 3 radical (unpaired) electrons. The van der Waals surface area contributed by atoms with Crippen LogP contribution in [0.15, 0.2) is 352 Å². The average molecular weight is 2080 g/mol. The van der Waals surface area contributed by atoms with E-state index < -0.39 is 0 Å². The molecular formula is C134H202Y3-6. The van der Waals surface area contributed by atoms with Crippen molar-refractivity contribution in [1.29, 1.82) is 0 Å². The standard InChI is InChI=1S/3C18H12.2C17H14.23C2H6.3Y/c1-3-9-15(10-4-1)17-13-7-8-14-18(17)16-11-5-2-6-12-16;2*1-3-8-15(9-4-1)17-12-7-13-18(14-17)16-10-5-2-6-11-16;1-13-9-11-15(12-10-13)17-8-4-6-14-5-2-3-7-16(14)17;1-13-6-8-15(9-7-13)17-11-10-14-4-2-3-5-16(14)12-17;23*1-2;;;/h1-11,13H;1-10,12,14H;1-10,12-13H;2*2-12H,1H3;23*1-2H3;;;/q3*-2;;;;;;;;;;;;;;;;;;;;;;;;;;;;. The van der Waals surface area contributed by atoms with E-state index in [2.05, 4.69) is 299 Å². The Balaban J connectivity index is -0.0000000857. The fraction of sp³-hybridized carbons (Fsp3) is 0.358. The molecule has 3 heteroatoms. The van der Waals surface area contributed by atoms with Gasteiger partial charge in [0.05, 0.1) is 0 Å². The van der Waals surface area contributed by atoms with Crippen LogP contribution in [0.2, 0.25) is 0 Å². The van der Waals surface area contributed by atoms with Crippen LogP contribution in [0.3, 0.4) is 0 Å². The Morgan fingerprint density at radius 1 is 0.146 bits per heavy atom. The van der Waals surface area contributed by atoms with Crippen LogP contribution < -0.4 is 0 Å². The smallest absolute Gasteiger partial charge is 0 e. The molecule has 0 atom stereocenters. The van der Waals surface area contributed by atoms with Gasteiger partial charge in [0.25, 0.3) is 0 Å². The molecule has 0 spiro atoms. The van der Waals surface area contributed by atoms with Gasteiger partial charge in [0.15, 0.2) is 0 Å². The number of hydrogen-bond acceptors (Lipinski definition) is 0. The first-order valence-electron chi connectivity index (χ1n) is 52.7. The van der Waals surface area contributed by atoms with Crippen molar-refractivity contribution in [3.05, 3.63) is 399 Å². The van der Waals surface area contributed by atoms with Crippen LogP contribution in [-0.4, -0.2) is 0 Å². The number of benzene rings is 15. The Hall–Kier alpha value is -7.87. The summed E-state index contributed by atoms with van der Waals surface area (Å²) in [7, 11) is 0. The van der Waals surface area contributed by atoms with E-state index in [9.17, 15) is 0 Å². The molecule has 0 amide bonds. The third-order valence-corrected chi connectivity index (χ3v) is 15.0. The fourth-order valence-electron chi connectivity index (χ4n) is 10.4. The Bertz CT molecular complexity index is 4280. The number of rotatable bonds is 8. The van der Waals surface area contributed by atoms with Crippen molar-refractivity contribution < 1.29 is 98.1 Å². The first-order valence-corrected chi connectivity index (χ1v) is 52.7. The predicted octanol–water partition coefficient (Wildman–Crippen LogP) is 47.1. The van der Waals surface area contributed by atoms with Gasteiger partial charge in [-0.1, -0.05) is 559 Å². The maximum absolute atomic E-state index is 3.45. The Kier molecular flexibility index (Phi) is 168. The van der Waals surface area contributed by atoms with Gasteiger partial charge in [-0.15, -0.1) is 65.2 Å². The Morgan fingerprint density at radius 3 is 0.839 bits per heavy atom. The zero-order valence-corrected chi connectivity index (χ0v) is 106. The second-order valence-corrected chi connectivity index (χ2v) is 21.2. The molecule has 0 N–H and O–H groups in total. The summed E-state index contributed by atoms with van der Waals surface area (Å²) in [5.41, 5.74) is 21.4. The molecule has 15 aromatic carbocycles. The molecule has 0 fully saturated rings. The van der Waals surface area contributed by atoms with Gasteiger partial charge in [0.2, 0.25) is 0 Å².